The number of aromatic nitrogens is 3. The number of hydrogen-bond acceptors (Lipinski definition) is 8. The van der Waals surface area contributed by atoms with Gasteiger partial charge in [-0.2, -0.15) is 12.6 Å². The Morgan fingerprint density at radius 3 is 2.57 bits per heavy atom. The van der Waals surface area contributed by atoms with Crippen molar-refractivity contribution in [1.82, 2.24) is 20.1 Å². The first kappa shape index (κ1) is 27.1. The molecule has 196 valence electrons. The van der Waals surface area contributed by atoms with Gasteiger partial charge in [-0.05, 0) is 37.3 Å². The number of rotatable bonds is 12. The van der Waals surface area contributed by atoms with Crippen molar-refractivity contribution in [3.8, 4) is 11.4 Å². The molecule has 37 heavy (non-hydrogen) atoms. The third-order valence-electron chi connectivity index (χ3n) is 5.81. The molecule has 2 aromatic carbocycles. The van der Waals surface area contributed by atoms with Crippen LogP contribution in [-0.2, 0) is 14.3 Å². The monoisotopic (exact) mass is 543 g/mol. The SMILES string of the molecule is COc1ccc2c(c1)C(c1ccc(Cl)cc1)=NC(CC(=O)NCCOCCOCCS)c1nnc(C)n1-2. The number of amides is 1. The van der Waals surface area contributed by atoms with Crippen LogP contribution in [0, 0.1) is 6.92 Å². The lowest BCUT2D eigenvalue weighted by Crippen LogP contribution is -2.29. The smallest absolute Gasteiger partial charge is 0.222 e. The molecule has 2 heterocycles. The van der Waals surface area contributed by atoms with Gasteiger partial charge in [-0.25, -0.2) is 0 Å². The Bertz CT molecular complexity index is 1250. The van der Waals surface area contributed by atoms with Crippen LogP contribution in [0.3, 0.4) is 0 Å². The minimum Gasteiger partial charge on any atom is -0.497 e. The van der Waals surface area contributed by atoms with Crippen LogP contribution in [0.5, 0.6) is 5.75 Å². The maximum absolute atomic E-state index is 12.9. The van der Waals surface area contributed by atoms with E-state index < -0.39 is 6.04 Å². The first-order valence-corrected chi connectivity index (χ1v) is 13.0. The van der Waals surface area contributed by atoms with Gasteiger partial charge in [0.05, 0.1) is 51.4 Å². The summed E-state index contributed by atoms with van der Waals surface area (Å²) >= 11 is 10.2. The molecular formula is C26H30ClN5O4S. The highest BCUT2D eigenvalue weighted by Crippen LogP contribution is 2.34. The number of nitrogens with zero attached hydrogens (tertiary/aromatic N) is 4. The molecule has 11 heteroatoms. The van der Waals surface area contributed by atoms with Gasteiger partial charge in [-0.1, -0.05) is 23.7 Å². The van der Waals surface area contributed by atoms with Crippen LogP contribution in [0.15, 0.2) is 47.5 Å². The highest BCUT2D eigenvalue weighted by molar-refractivity contribution is 7.80. The molecule has 1 atom stereocenters. The topological polar surface area (TPSA) is 99.9 Å². The van der Waals surface area contributed by atoms with E-state index in [9.17, 15) is 4.79 Å². The maximum Gasteiger partial charge on any atom is 0.222 e. The van der Waals surface area contributed by atoms with Crippen LogP contribution in [-0.4, -0.2) is 72.2 Å². The third kappa shape index (κ3) is 6.70. The lowest BCUT2D eigenvalue weighted by Gasteiger charge is -2.14. The molecule has 1 amide bonds. The van der Waals surface area contributed by atoms with E-state index >= 15 is 0 Å². The van der Waals surface area contributed by atoms with Crippen molar-refractivity contribution in [3.05, 3.63) is 70.3 Å². The molecule has 0 saturated heterocycles. The maximum atomic E-state index is 12.9. The molecule has 0 aliphatic carbocycles. The standard InChI is InChI=1S/C26H30ClN5O4S/c1-17-30-31-26-22(16-24(33)28-9-10-35-11-12-36-13-14-37)29-25(18-3-5-19(27)6-4-18)21-15-20(34-2)7-8-23(21)32(17)26/h3-8,15,22,37H,9-14,16H2,1-2H3,(H,28,33). The van der Waals surface area contributed by atoms with Crippen LogP contribution >= 0.6 is 24.2 Å². The number of aryl methyl sites for hydroxylation is 1. The van der Waals surface area contributed by atoms with Gasteiger partial charge in [0.25, 0.3) is 0 Å². The molecule has 0 fully saturated rings. The Morgan fingerprint density at radius 1 is 1.08 bits per heavy atom. The second-order valence-electron chi connectivity index (χ2n) is 8.33. The van der Waals surface area contributed by atoms with Crippen molar-refractivity contribution in [1.29, 1.82) is 0 Å². The van der Waals surface area contributed by atoms with Crippen molar-refractivity contribution < 1.29 is 19.0 Å². The van der Waals surface area contributed by atoms with Gasteiger partial charge >= 0.3 is 0 Å². The number of aliphatic imine (C=N–C) groups is 1. The number of benzene rings is 2. The number of methoxy groups -OCH3 is 1. The Morgan fingerprint density at radius 2 is 1.84 bits per heavy atom. The zero-order chi connectivity index (χ0) is 26.2. The van der Waals surface area contributed by atoms with Crippen LogP contribution < -0.4 is 10.1 Å². The highest BCUT2D eigenvalue weighted by Gasteiger charge is 2.30. The molecule has 1 aliphatic rings. The molecule has 1 aliphatic heterocycles. The summed E-state index contributed by atoms with van der Waals surface area (Å²) in [4.78, 5) is 18.0. The quantitative estimate of drug-likeness (QED) is 0.267. The zero-order valence-electron chi connectivity index (χ0n) is 20.8. The van der Waals surface area contributed by atoms with E-state index in [1.54, 1.807) is 7.11 Å². The number of thiol groups is 1. The van der Waals surface area contributed by atoms with Gasteiger partial charge in [-0.3, -0.25) is 14.4 Å². The number of fused-ring (bicyclic) bond motifs is 3. The van der Waals surface area contributed by atoms with E-state index in [-0.39, 0.29) is 12.3 Å². The molecule has 1 N–H and O–H groups in total. The lowest BCUT2D eigenvalue weighted by molar-refractivity contribution is -0.121. The minimum absolute atomic E-state index is 0.103. The summed E-state index contributed by atoms with van der Waals surface area (Å²) in [6, 6.07) is 12.7. The fraction of sp³-hybridized carbons (Fsp3) is 0.385. The molecule has 1 unspecified atom stereocenters. The van der Waals surface area contributed by atoms with E-state index in [1.807, 2.05) is 54.0 Å². The van der Waals surface area contributed by atoms with Crippen LogP contribution in [0.1, 0.15) is 35.2 Å². The van der Waals surface area contributed by atoms with Gasteiger partial charge in [0.1, 0.15) is 17.6 Å². The third-order valence-corrected chi connectivity index (χ3v) is 6.24. The first-order valence-electron chi connectivity index (χ1n) is 12.0. The van der Waals surface area contributed by atoms with Crippen LogP contribution in [0.25, 0.3) is 5.69 Å². The average Bonchev–Trinajstić information content (AvgIpc) is 3.23. The molecule has 0 saturated carbocycles. The molecule has 9 nitrogen and oxygen atoms in total. The number of halogens is 1. The van der Waals surface area contributed by atoms with Crippen molar-refractivity contribution in [2.45, 2.75) is 19.4 Å². The van der Waals surface area contributed by atoms with Crippen molar-refractivity contribution >= 4 is 35.8 Å². The molecule has 4 rings (SSSR count). The molecule has 1 aromatic heterocycles. The average molecular weight is 544 g/mol. The summed E-state index contributed by atoms with van der Waals surface area (Å²) in [5.74, 6) is 2.51. The minimum atomic E-state index is -0.555. The Labute approximate surface area is 226 Å². The van der Waals surface area contributed by atoms with E-state index in [0.717, 1.165) is 22.5 Å². The second kappa shape index (κ2) is 13.0. The van der Waals surface area contributed by atoms with E-state index in [2.05, 4.69) is 28.1 Å². The molecule has 0 spiro atoms. The number of ether oxygens (including phenoxy) is 3. The summed E-state index contributed by atoms with van der Waals surface area (Å²) in [7, 11) is 1.62. The van der Waals surface area contributed by atoms with Crippen LogP contribution in [0.2, 0.25) is 5.02 Å². The fourth-order valence-corrected chi connectivity index (χ4v) is 4.33. The number of carbonyl (C=O) groups is 1. The van der Waals surface area contributed by atoms with Gasteiger partial charge in [0, 0.05) is 28.4 Å². The van der Waals surface area contributed by atoms with Gasteiger partial charge in [0.15, 0.2) is 5.82 Å². The number of nitrogens with one attached hydrogen (secondary N) is 1. The summed E-state index contributed by atoms with van der Waals surface area (Å²) in [6.45, 7) is 4.20. The largest absolute Gasteiger partial charge is 0.497 e. The summed E-state index contributed by atoms with van der Waals surface area (Å²) in [6.07, 6.45) is 0.103. The zero-order valence-corrected chi connectivity index (χ0v) is 22.5. The Hall–Kier alpha value is -2.92. The number of carbonyl (C=O) groups excluding carboxylic acids is 1. The number of hydrogen-bond donors (Lipinski definition) is 2. The van der Waals surface area contributed by atoms with Crippen molar-refractivity contribution in [2.24, 2.45) is 4.99 Å². The molecule has 3 aromatic rings. The normalized spacial score (nSPS) is 14.4. The van der Waals surface area contributed by atoms with Gasteiger partial charge in [-0.15, -0.1) is 10.2 Å². The predicted molar refractivity (Wildman–Crippen MR) is 146 cm³/mol. The van der Waals surface area contributed by atoms with E-state index in [0.29, 0.717) is 61.1 Å². The predicted octanol–water partition coefficient (Wildman–Crippen LogP) is 3.60. The molecule has 0 radical (unpaired) electrons. The van der Waals surface area contributed by atoms with Crippen LogP contribution in [0.4, 0.5) is 0 Å². The second-order valence-corrected chi connectivity index (χ2v) is 9.21. The molecule has 0 bridgehead atoms. The first-order chi connectivity index (χ1) is 18.0. The van der Waals surface area contributed by atoms with Gasteiger partial charge < -0.3 is 19.5 Å². The Balaban J connectivity index is 1.58. The molecular weight excluding hydrogens is 514 g/mol. The Kier molecular flexibility index (Phi) is 9.56. The summed E-state index contributed by atoms with van der Waals surface area (Å²) in [5.41, 5.74) is 3.30. The van der Waals surface area contributed by atoms with Gasteiger partial charge in [0.2, 0.25) is 5.91 Å². The fourth-order valence-electron chi connectivity index (χ4n) is 4.07. The summed E-state index contributed by atoms with van der Waals surface area (Å²) < 4.78 is 18.3. The highest BCUT2D eigenvalue weighted by atomic mass is 35.5. The summed E-state index contributed by atoms with van der Waals surface area (Å²) in [5, 5.41) is 12.2. The van der Waals surface area contributed by atoms with E-state index in [1.165, 1.54) is 0 Å². The van der Waals surface area contributed by atoms with E-state index in [4.69, 9.17) is 30.8 Å². The van der Waals surface area contributed by atoms with Crippen molar-refractivity contribution in [2.75, 3.05) is 45.8 Å². The van der Waals surface area contributed by atoms with Crippen molar-refractivity contribution in [3.63, 3.8) is 0 Å². The lowest BCUT2D eigenvalue weighted by atomic mass is 10.00.